The summed E-state index contributed by atoms with van der Waals surface area (Å²) in [5, 5.41) is 2.59. The van der Waals surface area contributed by atoms with Gasteiger partial charge in [0.15, 0.2) is 0 Å². The lowest BCUT2D eigenvalue weighted by molar-refractivity contribution is 0.00675. The van der Waals surface area contributed by atoms with Crippen LogP contribution in [0.5, 0.6) is 0 Å². The van der Waals surface area contributed by atoms with Gasteiger partial charge in [0, 0.05) is 16.5 Å². The third-order valence-corrected chi connectivity index (χ3v) is 3.83. The molecule has 2 heterocycles. The van der Waals surface area contributed by atoms with Gasteiger partial charge in [0.1, 0.15) is 17.4 Å². The molecule has 0 saturated heterocycles. The molecule has 3 aromatic rings. The van der Waals surface area contributed by atoms with Gasteiger partial charge in [0.25, 0.3) is 0 Å². The average molecular weight is 304 g/mol. The van der Waals surface area contributed by atoms with E-state index in [1.807, 2.05) is 52.0 Å². The van der Waals surface area contributed by atoms with Crippen molar-refractivity contribution in [3.05, 3.63) is 40.7 Å². The van der Waals surface area contributed by atoms with Crippen molar-refractivity contribution in [1.29, 1.82) is 0 Å². The van der Waals surface area contributed by atoms with Crippen molar-refractivity contribution in [2.45, 2.75) is 39.9 Å². The number of pyridine rings is 1. The van der Waals surface area contributed by atoms with E-state index in [9.17, 15) is 0 Å². The Morgan fingerprint density at radius 2 is 1.95 bits per heavy atom. The molecule has 21 heavy (non-hydrogen) atoms. The maximum absolute atomic E-state index is 6.24. The summed E-state index contributed by atoms with van der Waals surface area (Å²) in [5.74, 6) is 0.816. The number of para-hydroxylation sites is 1. The van der Waals surface area contributed by atoms with E-state index >= 15 is 0 Å². The van der Waals surface area contributed by atoms with Gasteiger partial charge < -0.3 is 9.15 Å². The Labute approximate surface area is 128 Å². The molecule has 3 rings (SSSR count). The van der Waals surface area contributed by atoms with Crippen molar-refractivity contribution in [3.63, 3.8) is 0 Å². The fourth-order valence-corrected chi connectivity index (χ4v) is 2.81. The standard InChI is InChI=1S/C17H18ClNO2/c1-9(2)20-11(4)15-8-13-10(3)19-16-12(17(13)21-15)6-5-7-14(16)18/h5-9,11H,1-4H3. The first-order valence-electron chi connectivity index (χ1n) is 7.11. The fourth-order valence-electron chi connectivity index (χ4n) is 2.59. The van der Waals surface area contributed by atoms with Crippen LogP contribution in [0.2, 0.25) is 5.02 Å². The number of nitrogens with zero attached hydrogens (tertiary/aromatic N) is 1. The van der Waals surface area contributed by atoms with Gasteiger partial charge in [-0.15, -0.1) is 0 Å². The first kappa shape index (κ1) is 14.4. The molecule has 0 spiro atoms. The Kier molecular flexibility index (Phi) is 3.64. The molecule has 2 aromatic heterocycles. The topological polar surface area (TPSA) is 35.3 Å². The van der Waals surface area contributed by atoms with Crippen molar-refractivity contribution < 1.29 is 9.15 Å². The molecular weight excluding hydrogens is 286 g/mol. The maximum Gasteiger partial charge on any atom is 0.145 e. The smallest absolute Gasteiger partial charge is 0.145 e. The number of fused-ring (bicyclic) bond motifs is 3. The van der Waals surface area contributed by atoms with Crippen LogP contribution in [0.4, 0.5) is 0 Å². The Balaban J connectivity index is 2.23. The van der Waals surface area contributed by atoms with Crippen LogP contribution >= 0.6 is 11.6 Å². The second-order valence-electron chi connectivity index (χ2n) is 5.55. The zero-order valence-corrected chi connectivity index (χ0v) is 13.4. The van der Waals surface area contributed by atoms with Crippen LogP contribution in [0.1, 0.15) is 38.3 Å². The van der Waals surface area contributed by atoms with E-state index in [1.165, 1.54) is 0 Å². The lowest BCUT2D eigenvalue weighted by Gasteiger charge is -2.13. The number of hydrogen-bond donors (Lipinski definition) is 0. The molecule has 0 radical (unpaired) electrons. The minimum atomic E-state index is -0.0916. The van der Waals surface area contributed by atoms with E-state index in [2.05, 4.69) is 4.98 Å². The van der Waals surface area contributed by atoms with Gasteiger partial charge in [-0.1, -0.05) is 17.7 Å². The third-order valence-electron chi connectivity index (χ3n) is 3.53. The Morgan fingerprint density at radius 1 is 1.19 bits per heavy atom. The molecular formula is C17H18ClNO2. The van der Waals surface area contributed by atoms with Crippen LogP contribution in [-0.2, 0) is 4.74 Å². The van der Waals surface area contributed by atoms with Crippen LogP contribution in [0.15, 0.2) is 28.7 Å². The molecule has 1 atom stereocenters. The summed E-state index contributed by atoms with van der Waals surface area (Å²) in [6.45, 7) is 8.00. The van der Waals surface area contributed by atoms with E-state index < -0.39 is 0 Å². The predicted octanol–water partition coefficient (Wildman–Crippen LogP) is 5.43. The van der Waals surface area contributed by atoms with Crippen molar-refractivity contribution in [3.8, 4) is 0 Å². The molecule has 0 aliphatic carbocycles. The number of furan rings is 1. The normalized spacial score (nSPS) is 13.4. The third kappa shape index (κ3) is 2.52. The summed E-state index contributed by atoms with van der Waals surface area (Å²) in [7, 11) is 0. The van der Waals surface area contributed by atoms with Crippen LogP contribution in [-0.4, -0.2) is 11.1 Å². The molecule has 0 saturated carbocycles. The number of hydrogen-bond acceptors (Lipinski definition) is 3. The van der Waals surface area contributed by atoms with Gasteiger partial charge in [-0.05, 0) is 45.9 Å². The molecule has 0 N–H and O–H groups in total. The number of benzene rings is 1. The Bertz CT molecular complexity index is 807. The van der Waals surface area contributed by atoms with Crippen LogP contribution in [0.25, 0.3) is 21.9 Å². The Hall–Kier alpha value is -1.58. The number of aromatic nitrogens is 1. The quantitative estimate of drug-likeness (QED) is 0.647. The highest BCUT2D eigenvalue weighted by atomic mass is 35.5. The largest absolute Gasteiger partial charge is 0.458 e. The molecule has 0 fully saturated rings. The molecule has 1 unspecified atom stereocenters. The highest BCUT2D eigenvalue weighted by Gasteiger charge is 2.17. The van der Waals surface area contributed by atoms with E-state index in [-0.39, 0.29) is 12.2 Å². The zero-order valence-electron chi connectivity index (χ0n) is 12.6. The maximum atomic E-state index is 6.24. The van der Waals surface area contributed by atoms with E-state index in [4.69, 9.17) is 20.8 Å². The summed E-state index contributed by atoms with van der Waals surface area (Å²) in [6, 6.07) is 7.76. The SMILES string of the molecule is Cc1nc2c(Cl)cccc2c2oc(C(C)OC(C)C)cc12. The average Bonchev–Trinajstić information content (AvgIpc) is 2.85. The molecule has 0 aliphatic rings. The van der Waals surface area contributed by atoms with E-state index in [0.29, 0.717) is 5.02 Å². The zero-order chi connectivity index (χ0) is 15.1. The Morgan fingerprint density at radius 3 is 2.67 bits per heavy atom. The molecule has 0 amide bonds. The van der Waals surface area contributed by atoms with Crippen LogP contribution in [0.3, 0.4) is 0 Å². The van der Waals surface area contributed by atoms with Crippen molar-refractivity contribution in [1.82, 2.24) is 4.98 Å². The van der Waals surface area contributed by atoms with Gasteiger partial charge in [0.2, 0.25) is 0 Å². The summed E-state index contributed by atoms with van der Waals surface area (Å²) in [4.78, 5) is 4.60. The minimum Gasteiger partial charge on any atom is -0.458 e. The van der Waals surface area contributed by atoms with E-state index in [1.54, 1.807) is 0 Å². The minimum absolute atomic E-state index is 0.0916. The lowest BCUT2D eigenvalue weighted by atomic mass is 10.1. The second-order valence-corrected chi connectivity index (χ2v) is 5.96. The summed E-state index contributed by atoms with van der Waals surface area (Å²) >= 11 is 6.24. The molecule has 1 aromatic carbocycles. The van der Waals surface area contributed by atoms with E-state index in [0.717, 1.165) is 33.3 Å². The monoisotopic (exact) mass is 303 g/mol. The highest BCUT2D eigenvalue weighted by Crippen LogP contribution is 2.34. The molecule has 0 aliphatic heterocycles. The second kappa shape index (κ2) is 5.32. The molecule has 0 bridgehead atoms. The molecule has 110 valence electrons. The summed E-state index contributed by atoms with van der Waals surface area (Å²) in [6.07, 6.45) is 0.0599. The van der Waals surface area contributed by atoms with Crippen molar-refractivity contribution in [2.24, 2.45) is 0 Å². The number of aryl methyl sites for hydroxylation is 1. The van der Waals surface area contributed by atoms with Gasteiger partial charge in [0.05, 0.1) is 16.6 Å². The van der Waals surface area contributed by atoms with Crippen LogP contribution < -0.4 is 0 Å². The van der Waals surface area contributed by atoms with Gasteiger partial charge in [-0.3, -0.25) is 4.98 Å². The fraction of sp³-hybridized carbons (Fsp3) is 0.353. The van der Waals surface area contributed by atoms with Crippen molar-refractivity contribution >= 4 is 33.5 Å². The first-order chi connectivity index (χ1) is 9.97. The van der Waals surface area contributed by atoms with Gasteiger partial charge in [-0.2, -0.15) is 0 Å². The number of ether oxygens (including phenoxy) is 1. The number of halogens is 1. The summed E-state index contributed by atoms with van der Waals surface area (Å²) < 4.78 is 11.9. The van der Waals surface area contributed by atoms with Gasteiger partial charge >= 0.3 is 0 Å². The molecule has 4 heteroatoms. The first-order valence-corrected chi connectivity index (χ1v) is 7.49. The molecule has 3 nitrogen and oxygen atoms in total. The van der Waals surface area contributed by atoms with Crippen molar-refractivity contribution in [2.75, 3.05) is 0 Å². The predicted molar refractivity (Wildman–Crippen MR) is 85.9 cm³/mol. The van der Waals surface area contributed by atoms with Gasteiger partial charge in [-0.25, -0.2) is 0 Å². The van der Waals surface area contributed by atoms with Crippen LogP contribution in [0, 0.1) is 6.92 Å². The number of rotatable bonds is 3. The highest BCUT2D eigenvalue weighted by molar-refractivity contribution is 6.35. The lowest BCUT2D eigenvalue weighted by Crippen LogP contribution is -2.06. The summed E-state index contributed by atoms with van der Waals surface area (Å²) in [5.41, 5.74) is 2.52.